The molecule has 0 aliphatic heterocycles. The third-order valence-corrected chi connectivity index (χ3v) is 4.79. The quantitative estimate of drug-likeness (QED) is 0.615. The average molecular weight is 283 g/mol. The average Bonchev–Trinajstić information content (AvgIpc) is 2.84. The van der Waals surface area contributed by atoms with Crippen LogP contribution < -0.4 is 0 Å². The molecule has 0 aliphatic carbocycles. The van der Waals surface area contributed by atoms with Crippen molar-refractivity contribution in [3.63, 3.8) is 0 Å². The molecule has 1 rings (SSSR count). The summed E-state index contributed by atoms with van der Waals surface area (Å²) in [5.74, 6) is 7.90. The molecule has 0 amide bonds. The molecule has 0 radical (unpaired) electrons. The van der Waals surface area contributed by atoms with Crippen LogP contribution in [0.5, 0.6) is 0 Å². The molecule has 0 saturated carbocycles. The molecule has 0 spiro atoms. The Balaban J connectivity index is 2.33. The predicted octanol–water partition coefficient (Wildman–Crippen LogP) is 2.67. The van der Waals surface area contributed by atoms with Gasteiger partial charge in [-0.3, -0.25) is 0 Å². The Morgan fingerprint density at radius 1 is 1.39 bits per heavy atom. The number of aliphatic hydroxyl groups is 1. The first kappa shape index (κ1) is 15.6. The summed E-state index contributed by atoms with van der Waals surface area (Å²) in [6.45, 7) is 7.75. The van der Waals surface area contributed by atoms with Gasteiger partial charge in [0.25, 0.3) is 0 Å². The Morgan fingerprint density at radius 2 is 2.17 bits per heavy atom. The maximum atomic E-state index is 8.70. The van der Waals surface area contributed by atoms with Crippen LogP contribution >= 0.6 is 23.1 Å². The van der Waals surface area contributed by atoms with Crippen LogP contribution in [0.4, 0.5) is 0 Å². The summed E-state index contributed by atoms with van der Waals surface area (Å²) < 4.78 is 0. The van der Waals surface area contributed by atoms with Crippen LogP contribution in [0.15, 0.2) is 11.4 Å². The smallest absolute Gasteiger partial charge is 0.104 e. The van der Waals surface area contributed by atoms with Crippen LogP contribution in [0.3, 0.4) is 0 Å². The van der Waals surface area contributed by atoms with E-state index < -0.39 is 0 Å². The van der Waals surface area contributed by atoms with Crippen molar-refractivity contribution in [1.29, 1.82) is 0 Å². The Bertz CT molecular complexity index is 388. The molecule has 0 aliphatic rings. The van der Waals surface area contributed by atoms with Gasteiger partial charge in [0.15, 0.2) is 0 Å². The number of rotatable bonds is 7. The molecule has 0 fully saturated rings. The lowest BCUT2D eigenvalue weighted by Crippen LogP contribution is -2.25. The fourth-order valence-corrected chi connectivity index (χ4v) is 3.61. The van der Waals surface area contributed by atoms with Crippen LogP contribution in [-0.2, 0) is 5.75 Å². The Morgan fingerprint density at radius 3 is 2.83 bits per heavy atom. The summed E-state index contributed by atoms with van der Waals surface area (Å²) in [5, 5.41) is 10.8. The predicted molar refractivity (Wildman–Crippen MR) is 82.2 cm³/mol. The molecule has 0 atom stereocenters. The minimum absolute atomic E-state index is 0.0651. The van der Waals surface area contributed by atoms with Gasteiger partial charge in [0, 0.05) is 28.5 Å². The van der Waals surface area contributed by atoms with Gasteiger partial charge in [-0.15, -0.1) is 11.3 Å². The van der Waals surface area contributed by atoms with Crippen molar-refractivity contribution < 1.29 is 5.11 Å². The van der Waals surface area contributed by atoms with Crippen molar-refractivity contribution in [2.24, 2.45) is 0 Å². The van der Waals surface area contributed by atoms with E-state index in [1.54, 1.807) is 11.3 Å². The Kier molecular flexibility index (Phi) is 8.19. The number of thiophene rings is 1. The zero-order chi connectivity index (χ0) is 13.2. The largest absolute Gasteiger partial charge is 0.384 e. The molecule has 4 heteroatoms. The van der Waals surface area contributed by atoms with E-state index in [1.807, 2.05) is 17.8 Å². The molecule has 1 aromatic rings. The van der Waals surface area contributed by atoms with E-state index in [9.17, 15) is 0 Å². The van der Waals surface area contributed by atoms with Crippen LogP contribution in [0.2, 0.25) is 0 Å². The SMILES string of the molecule is CCN(CC)CCSCc1sccc1C#CCO. The van der Waals surface area contributed by atoms with E-state index >= 15 is 0 Å². The maximum Gasteiger partial charge on any atom is 0.104 e. The summed E-state index contributed by atoms with van der Waals surface area (Å²) in [6.07, 6.45) is 0. The highest BCUT2D eigenvalue weighted by Crippen LogP contribution is 2.21. The van der Waals surface area contributed by atoms with E-state index in [0.717, 1.165) is 36.7 Å². The topological polar surface area (TPSA) is 23.5 Å². The first-order valence-electron chi connectivity index (χ1n) is 6.28. The van der Waals surface area contributed by atoms with Crippen molar-refractivity contribution in [2.45, 2.75) is 19.6 Å². The zero-order valence-corrected chi connectivity index (χ0v) is 12.7. The lowest BCUT2D eigenvalue weighted by molar-refractivity contribution is 0.324. The van der Waals surface area contributed by atoms with Gasteiger partial charge in [-0.1, -0.05) is 25.7 Å². The number of thioether (sulfide) groups is 1. The summed E-state index contributed by atoms with van der Waals surface area (Å²) >= 11 is 3.71. The van der Waals surface area contributed by atoms with E-state index in [-0.39, 0.29) is 6.61 Å². The molecule has 0 aromatic carbocycles. The summed E-state index contributed by atoms with van der Waals surface area (Å²) in [6, 6.07) is 2.04. The normalized spacial score (nSPS) is 10.4. The molecule has 0 saturated heterocycles. The maximum absolute atomic E-state index is 8.70. The van der Waals surface area contributed by atoms with Crippen molar-refractivity contribution in [3.8, 4) is 11.8 Å². The van der Waals surface area contributed by atoms with E-state index in [0.29, 0.717) is 0 Å². The monoisotopic (exact) mass is 283 g/mol. The van der Waals surface area contributed by atoms with E-state index in [2.05, 4.69) is 36.0 Å². The molecule has 0 unspecified atom stereocenters. The molecule has 0 bridgehead atoms. The molecular weight excluding hydrogens is 262 g/mol. The van der Waals surface area contributed by atoms with Gasteiger partial charge < -0.3 is 10.0 Å². The fourth-order valence-electron chi connectivity index (χ4n) is 1.60. The zero-order valence-electron chi connectivity index (χ0n) is 11.1. The molecule has 2 nitrogen and oxygen atoms in total. The third kappa shape index (κ3) is 5.45. The first-order chi connectivity index (χ1) is 8.81. The van der Waals surface area contributed by atoms with Crippen molar-refractivity contribution in [2.75, 3.05) is 32.0 Å². The van der Waals surface area contributed by atoms with Crippen LogP contribution in [0.1, 0.15) is 24.3 Å². The third-order valence-electron chi connectivity index (χ3n) is 2.73. The van der Waals surface area contributed by atoms with E-state index in [1.165, 1.54) is 4.88 Å². The molecule has 1 aromatic heterocycles. The van der Waals surface area contributed by atoms with Crippen molar-refractivity contribution in [1.82, 2.24) is 4.90 Å². The second kappa shape index (κ2) is 9.46. The minimum atomic E-state index is -0.0651. The minimum Gasteiger partial charge on any atom is -0.384 e. The lowest BCUT2D eigenvalue weighted by atomic mass is 10.3. The molecule has 18 heavy (non-hydrogen) atoms. The van der Waals surface area contributed by atoms with E-state index in [4.69, 9.17) is 5.11 Å². The Labute approximate surface area is 118 Å². The van der Waals surface area contributed by atoms with Gasteiger partial charge in [-0.05, 0) is 24.5 Å². The molecular formula is C14H21NOS2. The summed E-state index contributed by atoms with van der Waals surface area (Å²) in [5.41, 5.74) is 1.07. The summed E-state index contributed by atoms with van der Waals surface area (Å²) in [7, 11) is 0. The van der Waals surface area contributed by atoms with Gasteiger partial charge in [0.05, 0.1) is 0 Å². The standard InChI is InChI=1S/C14H21NOS2/c1-3-15(4-2)8-11-17-12-14-13(6-5-9-16)7-10-18-14/h7,10,16H,3-4,8-9,11-12H2,1-2H3. The second-order valence-electron chi connectivity index (χ2n) is 3.80. The number of aliphatic hydroxyl groups excluding tert-OH is 1. The Hall–Kier alpha value is -0.470. The van der Waals surface area contributed by atoms with Gasteiger partial charge in [-0.2, -0.15) is 11.8 Å². The number of hydrogen-bond donors (Lipinski definition) is 1. The van der Waals surface area contributed by atoms with Gasteiger partial charge in [-0.25, -0.2) is 0 Å². The first-order valence-corrected chi connectivity index (χ1v) is 8.31. The van der Waals surface area contributed by atoms with Crippen LogP contribution in [-0.4, -0.2) is 42.0 Å². The molecule has 1 heterocycles. The van der Waals surface area contributed by atoms with Crippen molar-refractivity contribution >= 4 is 23.1 Å². The highest BCUT2D eigenvalue weighted by atomic mass is 32.2. The number of hydrogen-bond acceptors (Lipinski definition) is 4. The van der Waals surface area contributed by atoms with Gasteiger partial charge in [0.1, 0.15) is 6.61 Å². The molecule has 100 valence electrons. The highest BCUT2D eigenvalue weighted by Gasteiger charge is 2.03. The van der Waals surface area contributed by atoms with Gasteiger partial charge >= 0.3 is 0 Å². The second-order valence-corrected chi connectivity index (χ2v) is 5.90. The van der Waals surface area contributed by atoms with Gasteiger partial charge in [0.2, 0.25) is 0 Å². The van der Waals surface area contributed by atoms with Crippen LogP contribution in [0, 0.1) is 11.8 Å². The van der Waals surface area contributed by atoms with Crippen LogP contribution in [0.25, 0.3) is 0 Å². The summed E-state index contributed by atoms with van der Waals surface area (Å²) in [4.78, 5) is 3.76. The molecule has 1 N–H and O–H groups in total. The lowest BCUT2D eigenvalue weighted by Gasteiger charge is -2.17. The highest BCUT2D eigenvalue weighted by molar-refractivity contribution is 7.98. The van der Waals surface area contributed by atoms with Crippen molar-refractivity contribution in [3.05, 3.63) is 21.9 Å². The fraction of sp³-hybridized carbons (Fsp3) is 0.571. The number of nitrogens with zero attached hydrogens (tertiary/aromatic N) is 1.